The van der Waals surface area contributed by atoms with Gasteiger partial charge in [0.25, 0.3) is 0 Å². The van der Waals surface area contributed by atoms with E-state index in [9.17, 15) is 10.4 Å². The van der Waals surface area contributed by atoms with Crippen LogP contribution in [-0.2, 0) is 18.3 Å². The number of nitrogens with one attached hydrogen (secondary N) is 1. The number of aliphatic hydroxyl groups is 1. The number of hydrogen-bond donors (Lipinski definition) is 3. The molecular weight excluding hydrogens is 586 g/mol. The lowest BCUT2D eigenvalue weighted by atomic mass is 9.63. The Morgan fingerprint density at radius 1 is 1.20 bits per heavy atom. The van der Waals surface area contributed by atoms with Gasteiger partial charge in [-0.15, -0.1) is 11.3 Å². The van der Waals surface area contributed by atoms with E-state index in [-0.39, 0.29) is 11.5 Å². The highest BCUT2D eigenvalue weighted by atomic mass is 32.1. The van der Waals surface area contributed by atoms with Crippen LogP contribution in [0.4, 0.5) is 10.8 Å². The van der Waals surface area contributed by atoms with E-state index >= 15 is 0 Å². The topological polar surface area (TPSA) is 145 Å². The monoisotopic (exact) mass is 629 g/mol. The molecular formula is C33H43N9O2S. The fourth-order valence-corrected chi connectivity index (χ4v) is 10.3. The van der Waals surface area contributed by atoms with Crippen LogP contribution in [0, 0.1) is 11.3 Å². The zero-order valence-corrected chi connectivity index (χ0v) is 27.3. The van der Waals surface area contributed by atoms with Gasteiger partial charge in [-0.05, 0) is 97.2 Å². The van der Waals surface area contributed by atoms with Crippen LogP contribution in [0.2, 0.25) is 0 Å². The number of nitrogen functional groups attached to an aromatic ring is 1. The number of nitrogens with two attached hydrogens (primary N) is 1. The van der Waals surface area contributed by atoms with Crippen molar-refractivity contribution in [3.63, 3.8) is 0 Å². The fraction of sp³-hybridized carbons (Fsp3) is 0.636. The van der Waals surface area contributed by atoms with Gasteiger partial charge >= 0.3 is 0 Å². The molecule has 6 heterocycles. The number of thiophene rings is 1. The Hall–Kier alpha value is -3.40. The molecule has 3 aliphatic heterocycles. The normalized spacial score (nSPS) is 30.3. The van der Waals surface area contributed by atoms with Crippen molar-refractivity contribution in [2.45, 2.75) is 107 Å². The van der Waals surface area contributed by atoms with Gasteiger partial charge in [0.15, 0.2) is 11.9 Å². The zero-order chi connectivity index (χ0) is 31.1. The van der Waals surface area contributed by atoms with E-state index < -0.39 is 11.8 Å². The molecule has 0 saturated carbocycles. The number of rotatable bonds is 3. The molecule has 12 heteroatoms. The Bertz CT molecular complexity index is 1710. The van der Waals surface area contributed by atoms with Crippen LogP contribution in [0.3, 0.4) is 0 Å². The lowest BCUT2D eigenvalue weighted by Crippen LogP contribution is -2.49. The highest BCUT2D eigenvalue weighted by Gasteiger charge is 2.49. The fourth-order valence-electron chi connectivity index (χ4n) is 9.10. The summed E-state index contributed by atoms with van der Waals surface area (Å²) in [5.74, 6) is 2.69. The third-order valence-corrected chi connectivity index (χ3v) is 12.3. The molecule has 0 bridgehead atoms. The van der Waals surface area contributed by atoms with Crippen molar-refractivity contribution in [3.8, 4) is 6.07 Å². The molecule has 0 aromatic carbocycles. The lowest BCUT2D eigenvalue weighted by molar-refractivity contribution is 0.00569. The third kappa shape index (κ3) is 4.45. The summed E-state index contributed by atoms with van der Waals surface area (Å²) in [5.41, 5.74) is 9.80. The van der Waals surface area contributed by atoms with Crippen molar-refractivity contribution in [2.24, 2.45) is 4.99 Å². The molecule has 0 radical (unpaired) electrons. The summed E-state index contributed by atoms with van der Waals surface area (Å²) in [6.45, 7) is 6.62. The summed E-state index contributed by atoms with van der Waals surface area (Å²) in [6, 6.07) is 3.00. The second-order valence-corrected chi connectivity index (χ2v) is 15.4. The van der Waals surface area contributed by atoms with Gasteiger partial charge in [0.05, 0.1) is 34.4 Å². The number of piperidine rings is 1. The highest BCUT2D eigenvalue weighted by Crippen LogP contribution is 2.55. The van der Waals surface area contributed by atoms with Gasteiger partial charge in [0.1, 0.15) is 28.4 Å². The van der Waals surface area contributed by atoms with E-state index in [1.807, 2.05) is 13.1 Å². The van der Waals surface area contributed by atoms with Crippen LogP contribution in [0.1, 0.15) is 116 Å². The summed E-state index contributed by atoms with van der Waals surface area (Å²) in [4.78, 5) is 11.2. The summed E-state index contributed by atoms with van der Waals surface area (Å²) in [6.07, 6.45) is 11.1. The van der Waals surface area contributed by atoms with Crippen molar-refractivity contribution < 1.29 is 9.63 Å². The second kappa shape index (κ2) is 10.6. The Morgan fingerprint density at radius 3 is 2.78 bits per heavy atom. The number of hydrogen-bond acceptors (Lipinski definition) is 11. The maximum absolute atomic E-state index is 11.1. The van der Waals surface area contributed by atoms with Gasteiger partial charge in [0, 0.05) is 29.6 Å². The molecule has 2 fully saturated rings. The molecule has 2 saturated heterocycles. The van der Waals surface area contributed by atoms with Crippen molar-refractivity contribution in [1.82, 2.24) is 24.7 Å². The van der Waals surface area contributed by atoms with E-state index in [2.05, 4.69) is 39.8 Å². The van der Waals surface area contributed by atoms with Gasteiger partial charge in [-0.2, -0.15) is 10.4 Å². The maximum atomic E-state index is 11.1. The SMILES string of the molecule is C[C@@H](C1CCCN1C)n1ncc2c1NC(c1noc3c1CCC[C@@]31CCCc3sc(N)c(C#N)c31)N=C2N1CCC[C@](C)(O)C1. The first-order valence-electron chi connectivity index (χ1n) is 16.6. The highest BCUT2D eigenvalue weighted by molar-refractivity contribution is 7.16. The molecule has 3 aromatic heterocycles. The number of likely N-dealkylation sites (N-methyl/N-ethyl adjacent to an activating group) is 1. The number of fused-ring (bicyclic) bond motifs is 5. The van der Waals surface area contributed by atoms with Crippen molar-refractivity contribution in [2.75, 3.05) is 37.7 Å². The number of anilines is 2. The molecule has 5 atom stereocenters. The minimum atomic E-state index is -0.782. The summed E-state index contributed by atoms with van der Waals surface area (Å²) in [7, 11) is 2.20. The van der Waals surface area contributed by atoms with E-state index in [1.54, 1.807) is 11.3 Å². The Morgan fingerprint density at radius 2 is 2.02 bits per heavy atom. The zero-order valence-electron chi connectivity index (χ0n) is 26.5. The number of aryl methyl sites for hydroxylation is 1. The Balaban J connectivity index is 1.23. The average Bonchev–Trinajstić information content (AvgIpc) is 3.81. The first-order chi connectivity index (χ1) is 21.7. The first kappa shape index (κ1) is 29.0. The predicted molar refractivity (Wildman–Crippen MR) is 174 cm³/mol. The Kier molecular flexibility index (Phi) is 6.82. The molecule has 5 aliphatic rings. The molecule has 11 nitrogen and oxygen atoms in total. The average molecular weight is 630 g/mol. The molecule has 3 aromatic rings. The van der Waals surface area contributed by atoms with Gasteiger partial charge in [-0.1, -0.05) is 5.16 Å². The molecule has 0 amide bonds. The molecule has 8 rings (SSSR count). The summed E-state index contributed by atoms with van der Waals surface area (Å²) in [5, 5.41) is 35.3. The van der Waals surface area contributed by atoms with Gasteiger partial charge < -0.3 is 30.5 Å². The smallest absolute Gasteiger partial charge is 0.169 e. The number of likely N-dealkylation sites (tertiary alicyclic amines) is 2. The number of amidine groups is 1. The standard InChI is InChI=1S/C33H43N9O2S/c1-19(23-9-6-14-40(23)3)42-31-22(17-36-42)30(41-15-7-11-32(2,43)18-41)37-29(38-31)26-20-8-4-12-33(27(20)44-39-26)13-5-10-24-25(33)21(16-34)28(35)45-24/h17,19,23,29,38,43H,4-15,18,35H2,1-3H3/t19-,23?,29?,32-,33-/m0/s1. The number of aliphatic imine (C=N–C) groups is 1. The molecule has 45 heavy (non-hydrogen) atoms. The summed E-state index contributed by atoms with van der Waals surface area (Å²) >= 11 is 1.56. The van der Waals surface area contributed by atoms with Crippen LogP contribution < -0.4 is 11.1 Å². The molecule has 4 N–H and O–H groups in total. The van der Waals surface area contributed by atoms with E-state index in [0.29, 0.717) is 23.2 Å². The van der Waals surface area contributed by atoms with Crippen LogP contribution in [0.25, 0.3) is 0 Å². The molecule has 1 spiro atoms. The molecule has 238 valence electrons. The second-order valence-electron chi connectivity index (χ2n) is 14.2. The number of β-amino-alcohol motifs (C(OH)–C–C–N with tert-alkyl or cyclic N) is 1. The van der Waals surface area contributed by atoms with E-state index in [0.717, 1.165) is 111 Å². The first-order valence-corrected chi connectivity index (χ1v) is 17.4. The largest absolute Gasteiger partial charge is 0.389 e. The Labute approximate surface area is 268 Å². The van der Waals surface area contributed by atoms with Crippen molar-refractivity contribution in [3.05, 3.63) is 44.8 Å². The number of nitriles is 1. The number of aromatic nitrogens is 3. The quantitative estimate of drug-likeness (QED) is 0.375. The minimum Gasteiger partial charge on any atom is -0.389 e. The van der Waals surface area contributed by atoms with Crippen LogP contribution in [0.5, 0.6) is 0 Å². The number of nitrogens with zero attached hydrogens (tertiary/aromatic N) is 7. The van der Waals surface area contributed by atoms with Gasteiger partial charge in [-0.25, -0.2) is 9.67 Å². The maximum Gasteiger partial charge on any atom is 0.169 e. The van der Waals surface area contributed by atoms with E-state index in [4.69, 9.17) is 25.5 Å². The van der Waals surface area contributed by atoms with Crippen LogP contribution in [0.15, 0.2) is 15.7 Å². The summed E-state index contributed by atoms with van der Waals surface area (Å²) < 4.78 is 8.51. The third-order valence-electron chi connectivity index (χ3n) is 11.2. The molecule has 2 unspecified atom stereocenters. The van der Waals surface area contributed by atoms with Gasteiger partial charge in [0.2, 0.25) is 0 Å². The van der Waals surface area contributed by atoms with Gasteiger partial charge in [-0.3, -0.25) is 0 Å². The van der Waals surface area contributed by atoms with Crippen molar-refractivity contribution in [1.29, 1.82) is 5.26 Å². The predicted octanol–water partition coefficient (Wildman–Crippen LogP) is 4.72. The minimum absolute atomic E-state index is 0.168. The van der Waals surface area contributed by atoms with E-state index in [1.165, 1.54) is 11.3 Å². The van der Waals surface area contributed by atoms with Crippen LogP contribution >= 0.6 is 11.3 Å². The lowest BCUT2D eigenvalue weighted by Gasteiger charge is -2.40. The van der Waals surface area contributed by atoms with Crippen molar-refractivity contribution >= 4 is 28.0 Å². The van der Waals surface area contributed by atoms with Crippen LogP contribution in [-0.4, -0.2) is 74.0 Å². The molecule has 2 aliphatic carbocycles.